The van der Waals surface area contributed by atoms with Crippen LogP contribution in [-0.2, 0) is 16.6 Å². The van der Waals surface area contributed by atoms with Crippen molar-refractivity contribution in [1.29, 1.82) is 0 Å². The van der Waals surface area contributed by atoms with Crippen LogP contribution in [0.5, 0.6) is 0 Å². The summed E-state index contributed by atoms with van der Waals surface area (Å²) in [6.07, 6.45) is 0. The van der Waals surface area contributed by atoms with Crippen molar-refractivity contribution >= 4 is 21.7 Å². The van der Waals surface area contributed by atoms with Gasteiger partial charge < -0.3 is 15.1 Å². The van der Waals surface area contributed by atoms with Crippen molar-refractivity contribution in [3.8, 4) is 0 Å². The Balaban J connectivity index is 1.51. The number of amides is 2. The SMILES string of the molecule is NS(=O)(=O)c1ccc(N2CCN(C(=O)NCc3ccccc3)CC2)cc1. The summed E-state index contributed by atoms with van der Waals surface area (Å²) in [7, 11) is -3.68. The van der Waals surface area contributed by atoms with Crippen molar-refractivity contribution in [2.45, 2.75) is 11.4 Å². The van der Waals surface area contributed by atoms with E-state index in [0.29, 0.717) is 32.7 Å². The predicted octanol–water partition coefficient (Wildman–Crippen LogP) is 1.37. The van der Waals surface area contributed by atoms with Gasteiger partial charge in [0.25, 0.3) is 0 Å². The van der Waals surface area contributed by atoms with E-state index in [1.807, 2.05) is 30.3 Å². The maximum atomic E-state index is 12.3. The van der Waals surface area contributed by atoms with Crippen molar-refractivity contribution in [2.75, 3.05) is 31.1 Å². The maximum Gasteiger partial charge on any atom is 0.317 e. The van der Waals surface area contributed by atoms with Gasteiger partial charge >= 0.3 is 6.03 Å². The van der Waals surface area contributed by atoms with Crippen LogP contribution < -0.4 is 15.4 Å². The van der Waals surface area contributed by atoms with E-state index in [-0.39, 0.29) is 10.9 Å². The van der Waals surface area contributed by atoms with Crippen LogP contribution in [0.15, 0.2) is 59.5 Å². The first kappa shape index (κ1) is 18.2. The molecule has 26 heavy (non-hydrogen) atoms. The highest BCUT2D eigenvalue weighted by Gasteiger charge is 2.21. The van der Waals surface area contributed by atoms with Gasteiger partial charge in [-0.05, 0) is 29.8 Å². The average Bonchev–Trinajstić information content (AvgIpc) is 2.66. The van der Waals surface area contributed by atoms with Crippen molar-refractivity contribution in [3.05, 3.63) is 60.2 Å². The van der Waals surface area contributed by atoms with E-state index >= 15 is 0 Å². The van der Waals surface area contributed by atoms with Crippen LogP contribution in [0.25, 0.3) is 0 Å². The summed E-state index contributed by atoms with van der Waals surface area (Å²) in [6, 6.07) is 16.2. The van der Waals surface area contributed by atoms with Crippen LogP contribution >= 0.6 is 0 Å². The zero-order valence-corrected chi connectivity index (χ0v) is 15.2. The Morgan fingerprint density at radius 2 is 1.58 bits per heavy atom. The zero-order chi connectivity index (χ0) is 18.6. The van der Waals surface area contributed by atoms with Crippen molar-refractivity contribution in [3.63, 3.8) is 0 Å². The lowest BCUT2D eigenvalue weighted by molar-refractivity contribution is 0.194. The molecule has 2 aromatic rings. The van der Waals surface area contributed by atoms with Crippen LogP contribution in [0.2, 0.25) is 0 Å². The number of anilines is 1. The second-order valence-corrected chi connectivity index (χ2v) is 7.72. The summed E-state index contributed by atoms with van der Waals surface area (Å²) < 4.78 is 22.6. The summed E-state index contributed by atoms with van der Waals surface area (Å²) in [5.74, 6) is 0. The van der Waals surface area contributed by atoms with Gasteiger partial charge in [-0.1, -0.05) is 30.3 Å². The largest absolute Gasteiger partial charge is 0.368 e. The molecule has 1 aliphatic rings. The summed E-state index contributed by atoms with van der Waals surface area (Å²) in [4.78, 5) is 16.3. The summed E-state index contributed by atoms with van der Waals surface area (Å²) in [6.45, 7) is 3.10. The average molecular weight is 374 g/mol. The molecule has 3 rings (SSSR count). The number of rotatable bonds is 4. The van der Waals surface area contributed by atoms with Gasteiger partial charge in [-0.2, -0.15) is 0 Å². The van der Waals surface area contributed by atoms with Crippen LogP contribution in [0, 0.1) is 0 Å². The minimum atomic E-state index is -3.68. The molecule has 8 heteroatoms. The molecule has 0 spiro atoms. The number of piperazine rings is 1. The Kier molecular flexibility index (Phi) is 5.43. The van der Waals surface area contributed by atoms with E-state index in [9.17, 15) is 13.2 Å². The lowest BCUT2D eigenvalue weighted by Crippen LogP contribution is -2.51. The van der Waals surface area contributed by atoms with E-state index in [4.69, 9.17) is 5.14 Å². The first-order chi connectivity index (χ1) is 12.4. The second-order valence-electron chi connectivity index (χ2n) is 6.16. The number of urea groups is 1. The summed E-state index contributed by atoms with van der Waals surface area (Å²) >= 11 is 0. The topological polar surface area (TPSA) is 95.7 Å². The monoisotopic (exact) mass is 374 g/mol. The van der Waals surface area contributed by atoms with Crippen molar-refractivity contribution < 1.29 is 13.2 Å². The lowest BCUT2D eigenvalue weighted by atomic mass is 10.2. The summed E-state index contributed by atoms with van der Waals surface area (Å²) in [5.41, 5.74) is 1.98. The molecule has 0 aromatic heterocycles. The Bertz CT molecular complexity index is 846. The van der Waals surface area contributed by atoms with Gasteiger partial charge in [0.15, 0.2) is 0 Å². The fourth-order valence-electron chi connectivity index (χ4n) is 2.90. The molecule has 1 heterocycles. The molecule has 2 aromatic carbocycles. The number of hydrogen-bond donors (Lipinski definition) is 2. The maximum absolute atomic E-state index is 12.3. The minimum Gasteiger partial charge on any atom is -0.368 e. The van der Waals surface area contributed by atoms with Gasteiger partial charge in [0, 0.05) is 38.4 Å². The number of hydrogen-bond acceptors (Lipinski definition) is 4. The molecule has 0 bridgehead atoms. The minimum absolute atomic E-state index is 0.0712. The smallest absolute Gasteiger partial charge is 0.317 e. The van der Waals surface area contributed by atoms with Crippen molar-refractivity contribution in [1.82, 2.24) is 10.2 Å². The number of nitrogens with one attached hydrogen (secondary N) is 1. The van der Waals surface area contributed by atoms with Crippen LogP contribution in [0.3, 0.4) is 0 Å². The first-order valence-electron chi connectivity index (χ1n) is 8.38. The number of primary sulfonamides is 1. The molecule has 1 aliphatic heterocycles. The lowest BCUT2D eigenvalue weighted by Gasteiger charge is -2.36. The van der Waals surface area contributed by atoms with Crippen LogP contribution in [0.1, 0.15) is 5.56 Å². The Morgan fingerprint density at radius 1 is 0.962 bits per heavy atom. The van der Waals surface area contributed by atoms with Gasteiger partial charge in [-0.15, -0.1) is 0 Å². The third-order valence-electron chi connectivity index (χ3n) is 4.38. The Morgan fingerprint density at radius 3 is 2.15 bits per heavy atom. The molecule has 138 valence electrons. The number of carbonyl (C=O) groups is 1. The Hall–Kier alpha value is -2.58. The molecule has 0 unspecified atom stereocenters. The first-order valence-corrected chi connectivity index (χ1v) is 9.92. The standard InChI is InChI=1S/C18H22N4O3S/c19-26(24,25)17-8-6-16(7-9-17)21-10-12-22(13-11-21)18(23)20-14-15-4-2-1-3-5-15/h1-9H,10-14H2,(H,20,23)(H2,19,24,25). The third-order valence-corrected chi connectivity index (χ3v) is 5.31. The van der Waals surface area contributed by atoms with E-state index in [0.717, 1.165) is 11.3 Å². The molecule has 0 radical (unpaired) electrons. The van der Waals surface area contributed by atoms with Gasteiger partial charge in [-0.25, -0.2) is 18.4 Å². The number of nitrogens with zero attached hydrogens (tertiary/aromatic N) is 2. The predicted molar refractivity (Wildman–Crippen MR) is 100 cm³/mol. The van der Waals surface area contributed by atoms with E-state index in [1.54, 1.807) is 17.0 Å². The van der Waals surface area contributed by atoms with Crippen LogP contribution in [-0.4, -0.2) is 45.5 Å². The van der Waals surface area contributed by atoms with E-state index in [2.05, 4.69) is 10.2 Å². The molecule has 0 saturated carbocycles. The fourth-order valence-corrected chi connectivity index (χ4v) is 3.42. The van der Waals surface area contributed by atoms with Crippen molar-refractivity contribution in [2.24, 2.45) is 5.14 Å². The third kappa shape index (κ3) is 4.53. The van der Waals surface area contributed by atoms with Gasteiger partial charge in [0.05, 0.1) is 4.90 Å². The van der Waals surface area contributed by atoms with Gasteiger partial charge in [-0.3, -0.25) is 0 Å². The molecule has 0 aliphatic carbocycles. The summed E-state index contributed by atoms with van der Waals surface area (Å²) in [5, 5.41) is 8.05. The number of nitrogens with two attached hydrogens (primary N) is 1. The molecule has 1 fully saturated rings. The molecule has 7 nitrogen and oxygen atoms in total. The van der Waals surface area contributed by atoms with E-state index in [1.165, 1.54) is 12.1 Å². The Labute approximate surface area is 153 Å². The zero-order valence-electron chi connectivity index (χ0n) is 14.3. The number of benzene rings is 2. The molecule has 3 N–H and O–H groups in total. The number of sulfonamides is 1. The molecule has 0 atom stereocenters. The highest BCUT2D eigenvalue weighted by molar-refractivity contribution is 7.89. The highest BCUT2D eigenvalue weighted by Crippen LogP contribution is 2.19. The van der Waals surface area contributed by atoms with Gasteiger partial charge in [0.1, 0.15) is 0 Å². The molecule has 1 saturated heterocycles. The molecular weight excluding hydrogens is 352 g/mol. The van der Waals surface area contributed by atoms with E-state index < -0.39 is 10.0 Å². The fraction of sp³-hybridized carbons (Fsp3) is 0.278. The van der Waals surface area contributed by atoms with Gasteiger partial charge in [0.2, 0.25) is 10.0 Å². The van der Waals surface area contributed by atoms with Crippen LogP contribution in [0.4, 0.5) is 10.5 Å². The number of carbonyl (C=O) groups excluding carboxylic acids is 1. The quantitative estimate of drug-likeness (QED) is 0.845. The second kappa shape index (κ2) is 7.76. The molecule has 2 amide bonds. The normalized spacial score (nSPS) is 15.0. The highest BCUT2D eigenvalue weighted by atomic mass is 32.2. The molecular formula is C18H22N4O3S.